The Bertz CT molecular complexity index is 162. The van der Waals surface area contributed by atoms with Crippen LogP contribution in [0.5, 0.6) is 0 Å². The van der Waals surface area contributed by atoms with Crippen LogP contribution in [0.25, 0.3) is 0 Å². The van der Waals surface area contributed by atoms with Crippen molar-refractivity contribution in [1.82, 2.24) is 5.32 Å². The molecule has 0 fully saturated rings. The molecule has 0 aromatic carbocycles. The van der Waals surface area contributed by atoms with Crippen molar-refractivity contribution in [3.8, 4) is 0 Å². The summed E-state index contributed by atoms with van der Waals surface area (Å²) in [6.45, 7) is 4.29. The number of rotatable bonds is 9. The molecule has 4 nitrogen and oxygen atoms in total. The van der Waals surface area contributed by atoms with Gasteiger partial charge in [-0.05, 0) is 44.7 Å². The van der Waals surface area contributed by atoms with Gasteiger partial charge in [-0.1, -0.05) is 6.92 Å². The summed E-state index contributed by atoms with van der Waals surface area (Å²) in [5.74, 6) is 0.695. The minimum Gasteiger partial charge on any atom is -0.356 e. The van der Waals surface area contributed by atoms with Gasteiger partial charge in [-0.15, -0.1) is 0 Å². The van der Waals surface area contributed by atoms with E-state index in [0.717, 1.165) is 32.2 Å². The molecule has 0 saturated carbocycles. The highest BCUT2D eigenvalue weighted by Gasteiger charge is 2.05. The zero-order chi connectivity index (χ0) is 11.5. The van der Waals surface area contributed by atoms with Crippen molar-refractivity contribution in [3.63, 3.8) is 0 Å². The first-order chi connectivity index (χ1) is 7.20. The summed E-state index contributed by atoms with van der Waals surface area (Å²) in [5, 5.41) is 2.89. The predicted molar refractivity (Wildman–Crippen MR) is 63.4 cm³/mol. The van der Waals surface area contributed by atoms with Crippen LogP contribution >= 0.6 is 0 Å². The molecule has 0 aromatic rings. The average molecular weight is 215 g/mol. The molecule has 1 atom stereocenters. The summed E-state index contributed by atoms with van der Waals surface area (Å²) < 4.78 is 0. The van der Waals surface area contributed by atoms with Crippen LogP contribution in [0.15, 0.2) is 0 Å². The largest absolute Gasteiger partial charge is 0.356 e. The van der Waals surface area contributed by atoms with Gasteiger partial charge in [0.2, 0.25) is 5.91 Å². The molecular weight excluding hydrogens is 190 g/mol. The number of hydrogen-bond donors (Lipinski definition) is 3. The van der Waals surface area contributed by atoms with E-state index in [2.05, 4.69) is 12.2 Å². The van der Waals surface area contributed by atoms with Gasteiger partial charge in [0.15, 0.2) is 0 Å². The van der Waals surface area contributed by atoms with Crippen LogP contribution in [0, 0.1) is 5.92 Å². The Hall–Kier alpha value is -0.610. The van der Waals surface area contributed by atoms with E-state index in [0.29, 0.717) is 25.4 Å². The molecule has 0 aliphatic carbocycles. The highest BCUT2D eigenvalue weighted by atomic mass is 16.1. The summed E-state index contributed by atoms with van der Waals surface area (Å²) in [5.41, 5.74) is 10.8. The highest BCUT2D eigenvalue weighted by molar-refractivity contribution is 5.75. The van der Waals surface area contributed by atoms with Crippen molar-refractivity contribution in [2.45, 2.75) is 39.0 Å². The lowest BCUT2D eigenvalue weighted by Crippen LogP contribution is -2.25. The topological polar surface area (TPSA) is 81.1 Å². The quantitative estimate of drug-likeness (QED) is 0.493. The molecule has 1 unspecified atom stereocenters. The van der Waals surface area contributed by atoms with E-state index in [4.69, 9.17) is 11.5 Å². The molecule has 15 heavy (non-hydrogen) atoms. The monoisotopic (exact) mass is 215 g/mol. The maximum atomic E-state index is 11.3. The Labute approximate surface area is 92.8 Å². The van der Waals surface area contributed by atoms with Gasteiger partial charge in [0, 0.05) is 13.0 Å². The standard InChI is InChI=1S/C11H25N3O/c1-10(6-8-13)4-5-11(15)14-9-3-2-7-12/h10H,2-9,12-13H2,1H3,(H,14,15). The second-order valence-corrected chi connectivity index (χ2v) is 4.07. The molecule has 0 aliphatic heterocycles. The predicted octanol–water partition coefficient (Wildman–Crippen LogP) is 0.607. The van der Waals surface area contributed by atoms with Crippen molar-refractivity contribution in [1.29, 1.82) is 0 Å². The SMILES string of the molecule is CC(CCN)CCC(=O)NCCCCN. The molecule has 0 spiro atoms. The van der Waals surface area contributed by atoms with E-state index in [1.54, 1.807) is 0 Å². The average Bonchev–Trinajstić information content (AvgIpc) is 2.22. The highest BCUT2D eigenvalue weighted by Crippen LogP contribution is 2.08. The molecule has 0 aromatic heterocycles. The van der Waals surface area contributed by atoms with Crippen LogP contribution < -0.4 is 16.8 Å². The van der Waals surface area contributed by atoms with Crippen molar-refractivity contribution < 1.29 is 4.79 Å². The van der Waals surface area contributed by atoms with Crippen molar-refractivity contribution >= 4 is 5.91 Å². The summed E-state index contributed by atoms with van der Waals surface area (Å²) >= 11 is 0. The van der Waals surface area contributed by atoms with Crippen LogP contribution in [0.2, 0.25) is 0 Å². The molecule has 90 valence electrons. The van der Waals surface area contributed by atoms with Crippen molar-refractivity contribution in [3.05, 3.63) is 0 Å². The smallest absolute Gasteiger partial charge is 0.220 e. The second-order valence-electron chi connectivity index (χ2n) is 4.07. The van der Waals surface area contributed by atoms with Crippen LogP contribution in [-0.4, -0.2) is 25.5 Å². The Kier molecular flexibility index (Phi) is 9.52. The lowest BCUT2D eigenvalue weighted by Gasteiger charge is -2.09. The summed E-state index contributed by atoms with van der Waals surface area (Å²) in [6.07, 6.45) is 4.49. The molecule has 0 radical (unpaired) electrons. The Balaban J connectivity index is 3.32. The Morgan fingerprint density at radius 3 is 2.53 bits per heavy atom. The molecular formula is C11H25N3O. The van der Waals surface area contributed by atoms with Gasteiger partial charge in [0.1, 0.15) is 0 Å². The Morgan fingerprint density at radius 1 is 1.20 bits per heavy atom. The first-order valence-electron chi connectivity index (χ1n) is 5.87. The Morgan fingerprint density at radius 2 is 1.93 bits per heavy atom. The lowest BCUT2D eigenvalue weighted by molar-refractivity contribution is -0.121. The van der Waals surface area contributed by atoms with Gasteiger partial charge in [-0.25, -0.2) is 0 Å². The zero-order valence-electron chi connectivity index (χ0n) is 9.80. The van der Waals surface area contributed by atoms with Gasteiger partial charge >= 0.3 is 0 Å². The minimum atomic E-state index is 0.149. The van der Waals surface area contributed by atoms with Crippen LogP contribution in [0.4, 0.5) is 0 Å². The van der Waals surface area contributed by atoms with E-state index >= 15 is 0 Å². The molecule has 0 rings (SSSR count). The van der Waals surface area contributed by atoms with Gasteiger partial charge in [0.25, 0.3) is 0 Å². The van der Waals surface area contributed by atoms with Crippen molar-refractivity contribution in [2.24, 2.45) is 17.4 Å². The third kappa shape index (κ3) is 9.69. The van der Waals surface area contributed by atoms with Crippen molar-refractivity contribution in [2.75, 3.05) is 19.6 Å². The number of carbonyl (C=O) groups is 1. The fraction of sp³-hybridized carbons (Fsp3) is 0.909. The summed E-state index contributed by atoms with van der Waals surface area (Å²) in [4.78, 5) is 11.3. The van der Waals surface area contributed by atoms with Gasteiger partial charge in [-0.3, -0.25) is 4.79 Å². The number of hydrogen-bond acceptors (Lipinski definition) is 3. The van der Waals surface area contributed by atoms with E-state index < -0.39 is 0 Å². The van der Waals surface area contributed by atoms with Crippen LogP contribution in [0.1, 0.15) is 39.0 Å². The fourth-order valence-electron chi connectivity index (χ4n) is 1.39. The van der Waals surface area contributed by atoms with E-state index in [1.165, 1.54) is 0 Å². The van der Waals surface area contributed by atoms with Crippen LogP contribution in [0.3, 0.4) is 0 Å². The van der Waals surface area contributed by atoms with E-state index in [9.17, 15) is 4.79 Å². The van der Waals surface area contributed by atoms with Crippen LogP contribution in [-0.2, 0) is 4.79 Å². The fourth-order valence-corrected chi connectivity index (χ4v) is 1.39. The van der Waals surface area contributed by atoms with E-state index in [1.807, 2.05) is 0 Å². The summed E-state index contributed by atoms with van der Waals surface area (Å²) in [6, 6.07) is 0. The van der Waals surface area contributed by atoms with Gasteiger partial charge < -0.3 is 16.8 Å². The maximum absolute atomic E-state index is 11.3. The first kappa shape index (κ1) is 14.4. The molecule has 0 saturated heterocycles. The molecule has 1 amide bonds. The van der Waals surface area contributed by atoms with Gasteiger partial charge in [0.05, 0.1) is 0 Å². The molecule has 5 N–H and O–H groups in total. The number of nitrogens with two attached hydrogens (primary N) is 2. The number of nitrogens with one attached hydrogen (secondary N) is 1. The number of unbranched alkanes of at least 4 members (excludes halogenated alkanes) is 1. The minimum absolute atomic E-state index is 0.149. The molecule has 4 heteroatoms. The lowest BCUT2D eigenvalue weighted by atomic mass is 10.0. The normalized spacial score (nSPS) is 12.5. The molecule has 0 heterocycles. The number of amides is 1. The third-order valence-electron chi connectivity index (χ3n) is 2.48. The first-order valence-corrected chi connectivity index (χ1v) is 5.87. The zero-order valence-corrected chi connectivity index (χ0v) is 9.80. The molecule has 0 aliphatic rings. The third-order valence-corrected chi connectivity index (χ3v) is 2.48. The summed E-state index contributed by atoms with van der Waals surface area (Å²) in [7, 11) is 0. The number of carbonyl (C=O) groups excluding carboxylic acids is 1. The van der Waals surface area contributed by atoms with Gasteiger partial charge in [-0.2, -0.15) is 0 Å². The maximum Gasteiger partial charge on any atom is 0.220 e. The molecule has 0 bridgehead atoms. The second kappa shape index (κ2) is 9.93. The van der Waals surface area contributed by atoms with E-state index in [-0.39, 0.29) is 5.91 Å².